The first kappa shape index (κ1) is 23.9. The summed E-state index contributed by atoms with van der Waals surface area (Å²) in [7, 11) is 0. The van der Waals surface area contributed by atoms with Gasteiger partial charge in [-0.15, -0.1) is 24.0 Å². The third-order valence-corrected chi connectivity index (χ3v) is 5.23. The zero-order valence-electron chi connectivity index (χ0n) is 17.1. The Morgan fingerprint density at radius 2 is 1.73 bits per heavy atom. The van der Waals surface area contributed by atoms with Crippen molar-refractivity contribution in [2.75, 3.05) is 65.6 Å². The zero-order chi connectivity index (χ0) is 18.0. The average molecular weight is 481 g/mol. The van der Waals surface area contributed by atoms with Crippen LogP contribution < -0.4 is 10.6 Å². The number of piperidine rings is 1. The summed E-state index contributed by atoms with van der Waals surface area (Å²) in [6.45, 7) is 16.9. The van der Waals surface area contributed by atoms with E-state index in [1.54, 1.807) is 0 Å². The summed E-state index contributed by atoms with van der Waals surface area (Å²) in [6, 6.07) is 0. The molecule has 0 bridgehead atoms. The van der Waals surface area contributed by atoms with Gasteiger partial charge in [0.2, 0.25) is 0 Å². The van der Waals surface area contributed by atoms with Gasteiger partial charge in [0.25, 0.3) is 0 Å². The number of likely N-dealkylation sites (tertiary alicyclic amines) is 1. The SMILES string of the molecule is CCNC(=NCC(C)(C)N1CCCCC1)NCCCN1CCOCC1.I. The van der Waals surface area contributed by atoms with Crippen molar-refractivity contribution in [3.05, 3.63) is 0 Å². The highest BCUT2D eigenvalue weighted by Crippen LogP contribution is 2.20. The molecular formula is C19H40IN5O. The molecule has 2 heterocycles. The van der Waals surface area contributed by atoms with Gasteiger partial charge < -0.3 is 15.4 Å². The largest absolute Gasteiger partial charge is 0.379 e. The first-order chi connectivity index (χ1) is 12.1. The Labute approximate surface area is 177 Å². The Kier molecular flexibility index (Phi) is 12.1. The van der Waals surface area contributed by atoms with Gasteiger partial charge in [0, 0.05) is 31.7 Å². The van der Waals surface area contributed by atoms with Gasteiger partial charge >= 0.3 is 0 Å². The van der Waals surface area contributed by atoms with E-state index in [9.17, 15) is 0 Å². The van der Waals surface area contributed by atoms with E-state index in [0.717, 1.165) is 64.9 Å². The van der Waals surface area contributed by atoms with Gasteiger partial charge in [0.15, 0.2) is 5.96 Å². The molecule has 7 heteroatoms. The van der Waals surface area contributed by atoms with Crippen LogP contribution in [0.1, 0.15) is 46.5 Å². The molecule has 0 aromatic rings. The van der Waals surface area contributed by atoms with Crippen LogP contribution in [0.25, 0.3) is 0 Å². The number of rotatable bonds is 8. The van der Waals surface area contributed by atoms with Gasteiger partial charge in [0.1, 0.15) is 0 Å². The monoisotopic (exact) mass is 481 g/mol. The molecule has 154 valence electrons. The molecule has 0 radical (unpaired) electrons. The molecule has 2 saturated heterocycles. The molecule has 0 saturated carbocycles. The molecule has 2 fully saturated rings. The second-order valence-corrected chi connectivity index (χ2v) is 7.79. The minimum absolute atomic E-state index is 0. The third-order valence-electron chi connectivity index (χ3n) is 5.23. The van der Waals surface area contributed by atoms with E-state index in [1.807, 2.05) is 0 Å². The lowest BCUT2D eigenvalue weighted by Crippen LogP contribution is -2.49. The van der Waals surface area contributed by atoms with Gasteiger partial charge in [0.05, 0.1) is 19.8 Å². The van der Waals surface area contributed by atoms with Crippen LogP contribution in [-0.4, -0.2) is 86.9 Å². The van der Waals surface area contributed by atoms with Gasteiger partial charge in [-0.1, -0.05) is 6.42 Å². The first-order valence-corrected chi connectivity index (χ1v) is 10.2. The zero-order valence-corrected chi connectivity index (χ0v) is 19.4. The number of ether oxygens (including phenoxy) is 1. The quantitative estimate of drug-likeness (QED) is 0.241. The molecule has 2 rings (SSSR count). The summed E-state index contributed by atoms with van der Waals surface area (Å²) in [5, 5.41) is 6.88. The van der Waals surface area contributed by atoms with E-state index >= 15 is 0 Å². The fourth-order valence-corrected chi connectivity index (χ4v) is 3.55. The summed E-state index contributed by atoms with van der Waals surface area (Å²) in [5.74, 6) is 0.953. The average Bonchev–Trinajstić information content (AvgIpc) is 2.65. The maximum Gasteiger partial charge on any atom is 0.191 e. The maximum absolute atomic E-state index is 5.40. The highest BCUT2D eigenvalue weighted by atomic mass is 127. The molecule has 0 spiro atoms. The van der Waals surface area contributed by atoms with Crippen LogP contribution in [0.3, 0.4) is 0 Å². The van der Waals surface area contributed by atoms with Gasteiger partial charge in [-0.2, -0.15) is 0 Å². The van der Waals surface area contributed by atoms with Crippen LogP contribution in [0.4, 0.5) is 0 Å². The van der Waals surface area contributed by atoms with Gasteiger partial charge in [-0.3, -0.25) is 14.8 Å². The topological polar surface area (TPSA) is 52.1 Å². The molecule has 0 atom stereocenters. The van der Waals surface area contributed by atoms with Crippen molar-refractivity contribution in [1.82, 2.24) is 20.4 Å². The summed E-state index contributed by atoms with van der Waals surface area (Å²) in [6.07, 6.45) is 5.17. The highest BCUT2D eigenvalue weighted by Gasteiger charge is 2.27. The fourth-order valence-electron chi connectivity index (χ4n) is 3.55. The maximum atomic E-state index is 5.40. The fraction of sp³-hybridized carbons (Fsp3) is 0.947. The van der Waals surface area contributed by atoms with Crippen LogP contribution in [0.2, 0.25) is 0 Å². The van der Waals surface area contributed by atoms with Crippen molar-refractivity contribution >= 4 is 29.9 Å². The Balaban J connectivity index is 0.00000338. The van der Waals surface area contributed by atoms with Crippen LogP contribution in [-0.2, 0) is 4.74 Å². The number of guanidine groups is 1. The molecule has 0 aliphatic carbocycles. The molecular weight excluding hydrogens is 441 g/mol. The Morgan fingerprint density at radius 3 is 2.38 bits per heavy atom. The van der Waals surface area contributed by atoms with Crippen molar-refractivity contribution in [2.45, 2.75) is 52.0 Å². The Morgan fingerprint density at radius 1 is 1.04 bits per heavy atom. The van der Waals surface area contributed by atoms with Crippen molar-refractivity contribution in [3.63, 3.8) is 0 Å². The van der Waals surface area contributed by atoms with Crippen LogP contribution >= 0.6 is 24.0 Å². The van der Waals surface area contributed by atoms with Crippen molar-refractivity contribution in [1.29, 1.82) is 0 Å². The predicted molar refractivity (Wildman–Crippen MR) is 121 cm³/mol. The van der Waals surface area contributed by atoms with Crippen molar-refractivity contribution in [3.8, 4) is 0 Å². The summed E-state index contributed by atoms with van der Waals surface area (Å²) in [5.41, 5.74) is 0.135. The van der Waals surface area contributed by atoms with Crippen molar-refractivity contribution < 1.29 is 4.74 Å². The lowest BCUT2D eigenvalue weighted by Gasteiger charge is -2.40. The summed E-state index contributed by atoms with van der Waals surface area (Å²) >= 11 is 0. The number of nitrogens with one attached hydrogen (secondary N) is 2. The third kappa shape index (κ3) is 8.71. The number of hydrogen-bond acceptors (Lipinski definition) is 4. The van der Waals surface area contributed by atoms with Gasteiger partial charge in [-0.25, -0.2) is 0 Å². The minimum Gasteiger partial charge on any atom is -0.379 e. The van der Waals surface area contributed by atoms with E-state index < -0.39 is 0 Å². The van der Waals surface area contributed by atoms with E-state index in [-0.39, 0.29) is 29.5 Å². The Bertz CT molecular complexity index is 393. The lowest BCUT2D eigenvalue weighted by molar-refractivity contribution is 0.0376. The second-order valence-electron chi connectivity index (χ2n) is 7.79. The number of aliphatic imine (C=N–C) groups is 1. The summed E-state index contributed by atoms with van der Waals surface area (Å²) in [4.78, 5) is 9.94. The van der Waals surface area contributed by atoms with E-state index in [2.05, 4.69) is 41.2 Å². The minimum atomic E-state index is 0. The smallest absolute Gasteiger partial charge is 0.191 e. The summed E-state index contributed by atoms with van der Waals surface area (Å²) < 4.78 is 5.40. The first-order valence-electron chi connectivity index (χ1n) is 10.2. The lowest BCUT2D eigenvalue weighted by atomic mass is 9.99. The number of hydrogen-bond donors (Lipinski definition) is 2. The molecule has 2 aliphatic heterocycles. The van der Waals surface area contributed by atoms with Crippen LogP contribution in [0.15, 0.2) is 4.99 Å². The molecule has 0 amide bonds. The molecule has 6 nitrogen and oxygen atoms in total. The number of nitrogens with zero attached hydrogens (tertiary/aromatic N) is 3. The predicted octanol–water partition coefficient (Wildman–Crippen LogP) is 2.15. The van der Waals surface area contributed by atoms with Crippen LogP contribution in [0, 0.1) is 0 Å². The molecule has 2 N–H and O–H groups in total. The number of morpholine rings is 1. The highest BCUT2D eigenvalue weighted by molar-refractivity contribution is 14.0. The number of halogens is 1. The van der Waals surface area contributed by atoms with E-state index in [1.165, 1.54) is 32.4 Å². The van der Waals surface area contributed by atoms with E-state index in [0.29, 0.717) is 0 Å². The molecule has 0 aromatic carbocycles. The van der Waals surface area contributed by atoms with Crippen molar-refractivity contribution in [2.24, 2.45) is 4.99 Å². The standard InChI is InChI=1S/C19H39N5O.HI/c1-4-20-18(21-9-8-10-23-13-15-25-16-14-23)22-17-19(2,3)24-11-6-5-7-12-24;/h4-17H2,1-3H3,(H2,20,21,22);1H. The Hall–Kier alpha value is -0.120. The second kappa shape index (κ2) is 13.1. The molecule has 2 aliphatic rings. The van der Waals surface area contributed by atoms with Crippen LogP contribution in [0.5, 0.6) is 0 Å². The van der Waals surface area contributed by atoms with Gasteiger partial charge in [-0.05, 0) is 59.7 Å². The molecule has 0 aromatic heterocycles. The molecule has 0 unspecified atom stereocenters. The van der Waals surface area contributed by atoms with E-state index in [4.69, 9.17) is 9.73 Å². The normalized spacial score (nSPS) is 20.5. The molecule has 26 heavy (non-hydrogen) atoms.